The number of rotatable bonds is 5. The Morgan fingerprint density at radius 3 is 2.11 bits per heavy atom. The van der Waals surface area contributed by atoms with Gasteiger partial charge in [-0.05, 0) is 44.2 Å². The van der Waals surface area contributed by atoms with Crippen LogP contribution < -0.4 is 9.47 Å². The summed E-state index contributed by atoms with van der Waals surface area (Å²) < 4.78 is 10.6. The van der Waals surface area contributed by atoms with Gasteiger partial charge in [-0.25, -0.2) is 9.59 Å². The number of hydrogen-bond donors (Lipinski definition) is 0. The minimum absolute atomic E-state index is 0.0136. The topological polar surface area (TPSA) is 82.6 Å². The Labute approximate surface area is 161 Å². The summed E-state index contributed by atoms with van der Waals surface area (Å²) in [4.78, 5) is 40.2. The van der Waals surface area contributed by atoms with Crippen LogP contribution in [0.15, 0.2) is 66.7 Å². The van der Waals surface area contributed by atoms with Crippen LogP contribution in [0.4, 0.5) is 0 Å². The Kier molecular flexibility index (Phi) is 5.60. The molecule has 6 heteroatoms. The number of hydrogen-bond acceptors (Lipinski definition) is 6. The summed E-state index contributed by atoms with van der Waals surface area (Å²) in [5, 5.41) is 0. The van der Waals surface area contributed by atoms with E-state index < -0.39 is 11.9 Å². The highest BCUT2D eigenvalue weighted by Gasteiger charge is 2.15. The highest BCUT2D eigenvalue weighted by Crippen LogP contribution is 2.21. The maximum atomic E-state index is 12.4. The lowest BCUT2D eigenvalue weighted by atomic mass is 10.1. The van der Waals surface area contributed by atoms with Crippen LogP contribution in [0, 0.1) is 6.92 Å². The average molecular weight is 375 g/mol. The van der Waals surface area contributed by atoms with Crippen molar-refractivity contribution in [2.45, 2.75) is 13.8 Å². The Morgan fingerprint density at radius 1 is 0.750 bits per heavy atom. The summed E-state index contributed by atoms with van der Waals surface area (Å²) in [7, 11) is 0. The van der Waals surface area contributed by atoms with E-state index in [1.807, 2.05) is 0 Å². The first kappa shape index (κ1) is 19.0. The van der Waals surface area contributed by atoms with Gasteiger partial charge in [0.05, 0.1) is 11.1 Å². The van der Waals surface area contributed by atoms with Crippen LogP contribution in [0.1, 0.15) is 43.6 Å². The van der Waals surface area contributed by atoms with E-state index in [9.17, 15) is 14.4 Å². The van der Waals surface area contributed by atoms with E-state index in [0.717, 1.165) is 0 Å². The fraction of sp³-hybridized carbons (Fsp3) is 0.0909. The SMILES string of the molecule is CC(=O)c1cccc(C(=O)Oc2nc(OC(=O)c3ccccc3)ccc2C)c1. The first-order valence-electron chi connectivity index (χ1n) is 8.52. The molecule has 0 atom stereocenters. The van der Waals surface area contributed by atoms with E-state index in [1.54, 1.807) is 61.5 Å². The molecule has 0 aliphatic rings. The minimum Gasteiger partial charge on any atom is -0.404 e. The third-order valence-electron chi connectivity index (χ3n) is 3.93. The lowest BCUT2D eigenvalue weighted by Gasteiger charge is -2.09. The molecule has 0 radical (unpaired) electrons. The number of carbonyl (C=O) groups is 3. The molecule has 6 nitrogen and oxygen atoms in total. The van der Waals surface area contributed by atoms with Crippen molar-refractivity contribution in [2.24, 2.45) is 0 Å². The van der Waals surface area contributed by atoms with Gasteiger partial charge in [-0.3, -0.25) is 4.79 Å². The largest absolute Gasteiger partial charge is 0.404 e. The smallest absolute Gasteiger partial charge is 0.344 e. The van der Waals surface area contributed by atoms with Crippen LogP contribution >= 0.6 is 0 Å². The normalized spacial score (nSPS) is 10.2. The number of aryl methyl sites for hydroxylation is 1. The summed E-state index contributed by atoms with van der Waals surface area (Å²) in [6.07, 6.45) is 0. The van der Waals surface area contributed by atoms with Crippen LogP contribution in [0.5, 0.6) is 11.8 Å². The first-order chi connectivity index (χ1) is 13.4. The quantitative estimate of drug-likeness (QED) is 0.495. The molecule has 0 spiro atoms. The molecule has 2 aromatic carbocycles. The predicted molar refractivity (Wildman–Crippen MR) is 102 cm³/mol. The van der Waals surface area contributed by atoms with Gasteiger partial charge >= 0.3 is 11.9 Å². The zero-order chi connectivity index (χ0) is 20.1. The molecule has 0 N–H and O–H groups in total. The Hall–Kier alpha value is -3.80. The molecule has 0 aliphatic carbocycles. The third-order valence-corrected chi connectivity index (χ3v) is 3.93. The van der Waals surface area contributed by atoms with Crippen molar-refractivity contribution in [3.8, 4) is 11.8 Å². The third kappa shape index (κ3) is 4.48. The molecule has 0 amide bonds. The number of esters is 2. The van der Waals surface area contributed by atoms with E-state index in [1.165, 1.54) is 19.1 Å². The highest BCUT2D eigenvalue weighted by molar-refractivity contribution is 5.98. The number of aromatic nitrogens is 1. The number of ether oxygens (including phenoxy) is 2. The molecule has 0 unspecified atom stereocenters. The molecular weight excluding hydrogens is 358 g/mol. The maximum absolute atomic E-state index is 12.4. The van der Waals surface area contributed by atoms with E-state index in [-0.39, 0.29) is 23.1 Å². The zero-order valence-electron chi connectivity index (χ0n) is 15.3. The standard InChI is InChI=1S/C22H17NO5/c1-14-11-12-19(27-21(25)16-7-4-3-5-8-16)23-20(14)28-22(26)18-10-6-9-17(13-18)15(2)24/h3-13H,1-2H3. The average Bonchev–Trinajstić information content (AvgIpc) is 2.71. The molecule has 140 valence electrons. The van der Waals surface area contributed by atoms with Crippen molar-refractivity contribution in [1.29, 1.82) is 0 Å². The minimum atomic E-state index is -0.662. The molecular formula is C22H17NO5. The molecule has 1 heterocycles. The Morgan fingerprint density at radius 2 is 1.39 bits per heavy atom. The van der Waals surface area contributed by atoms with E-state index in [0.29, 0.717) is 16.7 Å². The van der Waals surface area contributed by atoms with Gasteiger partial charge in [-0.15, -0.1) is 0 Å². The molecule has 0 saturated heterocycles. The van der Waals surface area contributed by atoms with Crippen molar-refractivity contribution in [2.75, 3.05) is 0 Å². The van der Waals surface area contributed by atoms with Crippen molar-refractivity contribution < 1.29 is 23.9 Å². The number of Topliss-reactive ketones (excluding diaryl/α,β-unsaturated/α-hetero) is 1. The first-order valence-corrected chi connectivity index (χ1v) is 8.52. The van der Waals surface area contributed by atoms with Crippen LogP contribution in [0.2, 0.25) is 0 Å². The second-order valence-corrected chi connectivity index (χ2v) is 6.05. The van der Waals surface area contributed by atoms with E-state index >= 15 is 0 Å². The molecule has 1 aromatic heterocycles. The number of pyridine rings is 1. The van der Waals surface area contributed by atoms with Gasteiger partial charge in [0.1, 0.15) is 0 Å². The number of benzene rings is 2. The van der Waals surface area contributed by atoms with Crippen LogP contribution in [0.25, 0.3) is 0 Å². The zero-order valence-corrected chi connectivity index (χ0v) is 15.3. The van der Waals surface area contributed by atoms with Gasteiger partial charge in [0.25, 0.3) is 0 Å². The molecule has 28 heavy (non-hydrogen) atoms. The second-order valence-electron chi connectivity index (χ2n) is 6.05. The van der Waals surface area contributed by atoms with E-state index in [4.69, 9.17) is 9.47 Å². The Balaban J connectivity index is 1.78. The lowest BCUT2D eigenvalue weighted by molar-refractivity contribution is 0.0716. The highest BCUT2D eigenvalue weighted by atomic mass is 16.6. The predicted octanol–water partition coefficient (Wildman–Crippen LogP) is 4.03. The van der Waals surface area contributed by atoms with Crippen LogP contribution in [-0.2, 0) is 0 Å². The molecule has 0 bridgehead atoms. The fourth-order valence-electron chi connectivity index (χ4n) is 2.39. The van der Waals surface area contributed by atoms with Crippen LogP contribution in [0.3, 0.4) is 0 Å². The molecule has 0 fully saturated rings. The molecule has 0 aliphatic heterocycles. The number of carbonyl (C=O) groups excluding carboxylic acids is 3. The van der Waals surface area contributed by atoms with Gasteiger partial charge in [0.15, 0.2) is 5.78 Å². The molecule has 3 rings (SSSR count). The lowest BCUT2D eigenvalue weighted by Crippen LogP contribution is -2.13. The summed E-state index contributed by atoms with van der Waals surface area (Å²) in [6.45, 7) is 3.13. The maximum Gasteiger partial charge on any atom is 0.344 e. The summed E-state index contributed by atoms with van der Waals surface area (Å²) in [6, 6.07) is 17.9. The second kappa shape index (κ2) is 8.26. The fourth-order valence-corrected chi connectivity index (χ4v) is 2.39. The van der Waals surface area contributed by atoms with Crippen molar-refractivity contribution >= 4 is 17.7 Å². The summed E-state index contributed by atoms with van der Waals surface area (Å²) in [5.41, 5.74) is 1.60. The number of nitrogens with zero attached hydrogens (tertiary/aromatic N) is 1. The monoisotopic (exact) mass is 375 g/mol. The van der Waals surface area contributed by atoms with Crippen molar-refractivity contribution in [3.05, 3.63) is 89.0 Å². The van der Waals surface area contributed by atoms with Crippen molar-refractivity contribution in [3.63, 3.8) is 0 Å². The van der Waals surface area contributed by atoms with Gasteiger partial charge < -0.3 is 9.47 Å². The summed E-state index contributed by atoms with van der Waals surface area (Å²) >= 11 is 0. The number of ketones is 1. The van der Waals surface area contributed by atoms with Gasteiger partial charge in [0, 0.05) is 17.2 Å². The van der Waals surface area contributed by atoms with Gasteiger partial charge in [-0.1, -0.05) is 30.3 Å². The Bertz CT molecular complexity index is 1040. The van der Waals surface area contributed by atoms with Gasteiger partial charge in [-0.2, -0.15) is 4.98 Å². The molecule has 0 saturated carbocycles. The molecule has 3 aromatic rings. The summed E-state index contributed by atoms with van der Waals surface area (Å²) in [5.74, 6) is -1.34. The van der Waals surface area contributed by atoms with Gasteiger partial charge in [0.2, 0.25) is 11.8 Å². The van der Waals surface area contributed by atoms with E-state index in [2.05, 4.69) is 4.98 Å². The van der Waals surface area contributed by atoms with Crippen LogP contribution in [-0.4, -0.2) is 22.7 Å². The van der Waals surface area contributed by atoms with Crippen molar-refractivity contribution in [1.82, 2.24) is 4.98 Å².